The van der Waals surface area contributed by atoms with Crippen molar-refractivity contribution in [1.29, 1.82) is 0 Å². The van der Waals surface area contributed by atoms with Crippen LogP contribution in [0.3, 0.4) is 0 Å². The van der Waals surface area contributed by atoms with Crippen molar-refractivity contribution < 1.29 is 18.9 Å². The maximum atomic E-state index is 6.34. The summed E-state index contributed by atoms with van der Waals surface area (Å²) in [6, 6.07) is 4.91. The lowest BCUT2D eigenvalue weighted by Gasteiger charge is -2.44. The second-order valence-corrected chi connectivity index (χ2v) is 11.1. The van der Waals surface area contributed by atoms with E-state index in [-0.39, 0.29) is 5.41 Å². The minimum absolute atomic E-state index is 0.140. The molecule has 4 heteroatoms. The lowest BCUT2D eigenvalue weighted by atomic mass is 9.63. The van der Waals surface area contributed by atoms with Crippen molar-refractivity contribution in [3.8, 4) is 5.75 Å². The molecule has 0 radical (unpaired) electrons. The summed E-state index contributed by atoms with van der Waals surface area (Å²) in [6.45, 7) is 15.0. The standard InChI is InChI=1S/C29H46O4/c1-6-9-21-14-23(11-12-27(21)32-18-25-16-30-25)29(4,5)24-13-20(8-3)28(22(15-24)10-7-2)33-19-26-17-31-26/h13,15,21,23,25-27H,6-12,14,16-19H2,1-5H3. The van der Waals surface area contributed by atoms with Crippen LogP contribution >= 0.6 is 0 Å². The van der Waals surface area contributed by atoms with E-state index in [4.69, 9.17) is 18.9 Å². The van der Waals surface area contributed by atoms with Crippen LogP contribution in [0.2, 0.25) is 0 Å². The van der Waals surface area contributed by atoms with Crippen molar-refractivity contribution >= 4 is 0 Å². The molecule has 2 heterocycles. The number of rotatable bonds is 13. The normalized spacial score (nSPS) is 29.2. The molecule has 1 aromatic rings. The SMILES string of the molecule is CCCc1cc(C(C)(C)C2CCC(OCC3CO3)C(CCC)C2)cc(CC)c1OCC1CO1. The number of benzene rings is 1. The van der Waals surface area contributed by atoms with Gasteiger partial charge in [-0.15, -0.1) is 0 Å². The Balaban J connectivity index is 1.52. The fourth-order valence-electron chi connectivity index (χ4n) is 5.79. The Kier molecular flexibility index (Phi) is 8.41. The van der Waals surface area contributed by atoms with Crippen LogP contribution in [0.4, 0.5) is 0 Å². The van der Waals surface area contributed by atoms with Crippen LogP contribution in [0.5, 0.6) is 5.75 Å². The molecule has 4 rings (SSSR count). The summed E-state index contributed by atoms with van der Waals surface area (Å²) in [6.07, 6.45) is 10.4. The van der Waals surface area contributed by atoms with E-state index in [9.17, 15) is 0 Å². The Hall–Kier alpha value is -1.10. The van der Waals surface area contributed by atoms with Crippen molar-refractivity contribution in [2.24, 2.45) is 11.8 Å². The summed E-state index contributed by atoms with van der Waals surface area (Å²) in [4.78, 5) is 0. The van der Waals surface area contributed by atoms with Crippen LogP contribution in [0.25, 0.3) is 0 Å². The number of ether oxygens (including phenoxy) is 4. The lowest BCUT2D eigenvalue weighted by molar-refractivity contribution is -0.0389. The highest BCUT2D eigenvalue weighted by atomic mass is 16.6. The van der Waals surface area contributed by atoms with E-state index in [1.54, 1.807) is 0 Å². The number of hydrogen-bond acceptors (Lipinski definition) is 4. The molecule has 4 nitrogen and oxygen atoms in total. The smallest absolute Gasteiger partial charge is 0.125 e. The fraction of sp³-hybridized carbons (Fsp3) is 0.793. The van der Waals surface area contributed by atoms with Gasteiger partial charge in [0.25, 0.3) is 0 Å². The average molecular weight is 459 g/mol. The van der Waals surface area contributed by atoms with Gasteiger partial charge in [0.1, 0.15) is 24.6 Å². The summed E-state index contributed by atoms with van der Waals surface area (Å²) in [5.41, 5.74) is 4.37. The quantitative estimate of drug-likeness (QED) is 0.327. The highest BCUT2D eigenvalue weighted by Gasteiger charge is 2.40. The maximum absolute atomic E-state index is 6.34. The maximum Gasteiger partial charge on any atom is 0.125 e. The Morgan fingerprint density at radius 1 is 0.939 bits per heavy atom. The molecule has 1 saturated carbocycles. The van der Waals surface area contributed by atoms with E-state index in [1.165, 1.54) is 48.8 Å². The van der Waals surface area contributed by atoms with Gasteiger partial charge in [0.15, 0.2) is 0 Å². The molecule has 186 valence electrons. The Morgan fingerprint density at radius 3 is 2.27 bits per heavy atom. The summed E-state index contributed by atoms with van der Waals surface area (Å²) < 4.78 is 23.4. The van der Waals surface area contributed by atoms with Crippen molar-refractivity contribution in [3.63, 3.8) is 0 Å². The van der Waals surface area contributed by atoms with Gasteiger partial charge in [-0.1, -0.05) is 59.6 Å². The van der Waals surface area contributed by atoms with Crippen molar-refractivity contribution in [2.75, 3.05) is 26.4 Å². The fourth-order valence-corrected chi connectivity index (χ4v) is 5.79. The number of epoxide rings is 2. The molecule has 5 unspecified atom stereocenters. The molecule has 0 N–H and O–H groups in total. The predicted octanol–water partition coefficient (Wildman–Crippen LogP) is 6.26. The third kappa shape index (κ3) is 6.32. The Bertz CT molecular complexity index is 765. The van der Waals surface area contributed by atoms with Gasteiger partial charge in [0.05, 0.1) is 25.9 Å². The first-order valence-electron chi connectivity index (χ1n) is 13.6. The van der Waals surface area contributed by atoms with E-state index >= 15 is 0 Å². The highest BCUT2D eigenvalue weighted by molar-refractivity contribution is 5.47. The van der Waals surface area contributed by atoms with Crippen molar-refractivity contribution in [2.45, 2.75) is 110 Å². The second-order valence-electron chi connectivity index (χ2n) is 11.1. The molecule has 3 aliphatic rings. The van der Waals surface area contributed by atoms with Crippen LogP contribution in [-0.2, 0) is 32.5 Å². The van der Waals surface area contributed by atoms with E-state index in [0.29, 0.717) is 36.8 Å². The van der Waals surface area contributed by atoms with E-state index in [2.05, 4.69) is 46.8 Å². The highest BCUT2D eigenvalue weighted by Crippen LogP contribution is 2.46. The molecular weight excluding hydrogens is 412 g/mol. The molecule has 0 amide bonds. The van der Waals surface area contributed by atoms with E-state index in [1.807, 2.05) is 0 Å². The zero-order chi connectivity index (χ0) is 23.4. The zero-order valence-corrected chi connectivity index (χ0v) is 21.7. The third-order valence-corrected chi connectivity index (χ3v) is 8.19. The molecule has 3 fully saturated rings. The molecule has 2 saturated heterocycles. The average Bonchev–Trinajstić information content (AvgIpc) is 3.72. The summed E-state index contributed by atoms with van der Waals surface area (Å²) in [5, 5.41) is 0. The third-order valence-electron chi connectivity index (χ3n) is 8.19. The molecule has 0 spiro atoms. The van der Waals surface area contributed by atoms with Gasteiger partial charge in [-0.2, -0.15) is 0 Å². The first kappa shape index (κ1) is 25.0. The van der Waals surface area contributed by atoms with Gasteiger partial charge in [0.2, 0.25) is 0 Å². The van der Waals surface area contributed by atoms with Crippen molar-refractivity contribution in [3.05, 3.63) is 28.8 Å². The molecule has 5 atom stereocenters. The largest absolute Gasteiger partial charge is 0.490 e. The van der Waals surface area contributed by atoms with Gasteiger partial charge >= 0.3 is 0 Å². The van der Waals surface area contributed by atoms with Crippen molar-refractivity contribution in [1.82, 2.24) is 0 Å². The Morgan fingerprint density at radius 2 is 1.64 bits per heavy atom. The van der Waals surface area contributed by atoms with Gasteiger partial charge < -0.3 is 18.9 Å². The van der Waals surface area contributed by atoms with E-state index in [0.717, 1.165) is 44.8 Å². The second kappa shape index (κ2) is 11.1. The minimum Gasteiger partial charge on any atom is -0.490 e. The molecule has 0 bridgehead atoms. The zero-order valence-electron chi connectivity index (χ0n) is 21.7. The van der Waals surface area contributed by atoms with E-state index < -0.39 is 0 Å². The van der Waals surface area contributed by atoms with Crippen LogP contribution in [0, 0.1) is 11.8 Å². The summed E-state index contributed by atoms with van der Waals surface area (Å²) >= 11 is 0. The van der Waals surface area contributed by atoms with Crippen LogP contribution < -0.4 is 4.74 Å². The monoisotopic (exact) mass is 458 g/mol. The number of aryl methyl sites for hydroxylation is 2. The topological polar surface area (TPSA) is 43.5 Å². The molecule has 2 aliphatic heterocycles. The van der Waals surface area contributed by atoms with Crippen LogP contribution in [-0.4, -0.2) is 44.7 Å². The molecule has 1 aromatic carbocycles. The summed E-state index contributed by atoms with van der Waals surface area (Å²) in [5.74, 6) is 2.46. The first-order valence-corrected chi connectivity index (χ1v) is 13.6. The first-order chi connectivity index (χ1) is 16.0. The molecule has 33 heavy (non-hydrogen) atoms. The molecular formula is C29H46O4. The lowest BCUT2D eigenvalue weighted by Crippen LogP contribution is -2.39. The Labute approximate surface area is 201 Å². The molecule has 1 aliphatic carbocycles. The van der Waals surface area contributed by atoms with Crippen LogP contribution in [0.15, 0.2) is 12.1 Å². The molecule has 0 aromatic heterocycles. The summed E-state index contributed by atoms with van der Waals surface area (Å²) in [7, 11) is 0. The number of hydrogen-bond donors (Lipinski definition) is 0. The van der Waals surface area contributed by atoms with Crippen LogP contribution in [0.1, 0.15) is 89.8 Å². The van der Waals surface area contributed by atoms with Gasteiger partial charge in [-0.05, 0) is 72.5 Å². The van der Waals surface area contributed by atoms with Gasteiger partial charge in [-0.3, -0.25) is 0 Å². The van der Waals surface area contributed by atoms with Gasteiger partial charge in [-0.25, -0.2) is 0 Å². The van der Waals surface area contributed by atoms with Gasteiger partial charge in [0, 0.05) is 0 Å². The predicted molar refractivity (Wildman–Crippen MR) is 133 cm³/mol. The minimum atomic E-state index is 0.140.